The van der Waals surface area contributed by atoms with Crippen LogP contribution in [-0.4, -0.2) is 56.7 Å². The predicted octanol–water partition coefficient (Wildman–Crippen LogP) is 3.70. The van der Waals surface area contributed by atoms with E-state index in [1.165, 1.54) is 5.56 Å². The third kappa shape index (κ3) is 7.58. The van der Waals surface area contributed by atoms with Gasteiger partial charge in [0.25, 0.3) is 5.91 Å². The number of rotatable bonds is 11. The Kier molecular flexibility index (Phi) is 9.72. The van der Waals surface area contributed by atoms with Crippen molar-refractivity contribution in [2.24, 2.45) is 5.92 Å². The van der Waals surface area contributed by atoms with E-state index in [4.69, 9.17) is 9.47 Å². The molecule has 178 valence electrons. The van der Waals surface area contributed by atoms with Gasteiger partial charge in [-0.1, -0.05) is 24.3 Å². The average Bonchev–Trinajstić information content (AvgIpc) is 2.83. The normalized spacial score (nSPS) is 14.6. The number of methoxy groups -OCH3 is 1. The molecule has 0 bridgehead atoms. The lowest BCUT2D eigenvalue weighted by molar-refractivity contribution is -0.121. The van der Waals surface area contributed by atoms with Crippen molar-refractivity contribution in [2.75, 3.05) is 45.3 Å². The maximum atomic E-state index is 12.9. The van der Waals surface area contributed by atoms with Gasteiger partial charge >= 0.3 is 0 Å². The van der Waals surface area contributed by atoms with Crippen molar-refractivity contribution in [3.05, 3.63) is 59.7 Å². The molecule has 0 saturated carbocycles. The number of nitrogens with zero attached hydrogens (tertiary/aromatic N) is 1. The fourth-order valence-electron chi connectivity index (χ4n) is 4.05. The van der Waals surface area contributed by atoms with Crippen LogP contribution < -0.4 is 15.4 Å². The summed E-state index contributed by atoms with van der Waals surface area (Å²) in [6.07, 6.45) is 2.33. The first kappa shape index (κ1) is 24.7. The van der Waals surface area contributed by atoms with Crippen LogP contribution in [0.3, 0.4) is 0 Å². The van der Waals surface area contributed by atoms with E-state index in [1.54, 1.807) is 25.3 Å². The maximum absolute atomic E-state index is 12.9. The van der Waals surface area contributed by atoms with Crippen LogP contribution in [0.15, 0.2) is 48.5 Å². The summed E-state index contributed by atoms with van der Waals surface area (Å²) in [4.78, 5) is 27.8. The van der Waals surface area contributed by atoms with E-state index in [1.807, 2.05) is 25.1 Å². The molecule has 0 radical (unpaired) electrons. The highest BCUT2D eigenvalue weighted by molar-refractivity contribution is 6.04. The standard InChI is InChI=1S/C26H35N3O4/c1-3-33-22-9-6-8-20(18-22)19-29-15-12-21(13-16-29)25(30)28-24-11-5-4-10-23(24)26(31)27-14-7-17-32-2/h4-6,8-11,18,21H,3,7,12-17,19H2,1-2H3,(H,27,31)(H,28,30). The Bertz CT molecular complexity index is 910. The van der Waals surface area contributed by atoms with Gasteiger partial charge in [0.05, 0.1) is 17.9 Å². The van der Waals surface area contributed by atoms with E-state index in [2.05, 4.69) is 27.7 Å². The summed E-state index contributed by atoms with van der Waals surface area (Å²) in [5.74, 6) is 0.623. The molecule has 2 aromatic rings. The number of likely N-dealkylation sites (tertiary alicyclic amines) is 1. The average molecular weight is 454 g/mol. The Hall–Kier alpha value is -2.90. The number of piperidine rings is 1. The van der Waals surface area contributed by atoms with Crippen LogP contribution in [0.4, 0.5) is 5.69 Å². The van der Waals surface area contributed by atoms with Gasteiger partial charge in [0.15, 0.2) is 0 Å². The number of amides is 2. The first-order valence-corrected chi connectivity index (χ1v) is 11.7. The van der Waals surface area contributed by atoms with Crippen LogP contribution in [0.25, 0.3) is 0 Å². The fourth-order valence-corrected chi connectivity index (χ4v) is 4.05. The molecule has 0 unspecified atom stereocenters. The SMILES string of the molecule is CCOc1cccc(CN2CCC(C(=O)Nc3ccccc3C(=O)NCCCOC)CC2)c1. The first-order chi connectivity index (χ1) is 16.1. The Labute approximate surface area is 196 Å². The number of hydrogen-bond donors (Lipinski definition) is 2. The molecule has 2 aromatic carbocycles. The van der Waals surface area contributed by atoms with E-state index < -0.39 is 0 Å². The number of nitrogens with one attached hydrogen (secondary N) is 2. The van der Waals surface area contributed by atoms with E-state index in [-0.39, 0.29) is 17.7 Å². The maximum Gasteiger partial charge on any atom is 0.253 e. The van der Waals surface area contributed by atoms with E-state index in [0.717, 1.165) is 44.6 Å². The van der Waals surface area contributed by atoms with Crippen molar-refractivity contribution in [1.82, 2.24) is 10.2 Å². The molecule has 0 aromatic heterocycles. The van der Waals surface area contributed by atoms with Gasteiger partial charge in [-0.05, 0) is 69.1 Å². The summed E-state index contributed by atoms with van der Waals surface area (Å²) < 4.78 is 10.6. The Balaban J connectivity index is 1.50. The number of para-hydroxylation sites is 1. The van der Waals surface area contributed by atoms with Gasteiger partial charge in [0.1, 0.15) is 5.75 Å². The molecule has 2 amide bonds. The number of carbonyl (C=O) groups excluding carboxylic acids is 2. The van der Waals surface area contributed by atoms with Gasteiger partial charge in [0.2, 0.25) is 5.91 Å². The zero-order valence-corrected chi connectivity index (χ0v) is 19.6. The van der Waals surface area contributed by atoms with Crippen molar-refractivity contribution in [3.63, 3.8) is 0 Å². The van der Waals surface area contributed by atoms with Crippen LogP contribution in [0.1, 0.15) is 42.1 Å². The quantitative estimate of drug-likeness (QED) is 0.507. The monoisotopic (exact) mass is 453 g/mol. The Morgan fingerprint density at radius 2 is 1.88 bits per heavy atom. The van der Waals surface area contributed by atoms with Crippen molar-refractivity contribution < 1.29 is 19.1 Å². The minimum atomic E-state index is -0.189. The third-order valence-electron chi connectivity index (χ3n) is 5.81. The zero-order chi connectivity index (χ0) is 23.5. The smallest absolute Gasteiger partial charge is 0.253 e. The number of ether oxygens (including phenoxy) is 2. The van der Waals surface area contributed by atoms with Crippen molar-refractivity contribution >= 4 is 17.5 Å². The minimum absolute atomic E-state index is 0.0207. The molecule has 0 aliphatic carbocycles. The van der Waals surface area contributed by atoms with Crippen molar-refractivity contribution in [3.8, 4) is 5.75 Å². The van der Waals surface area contributed by atoms with Gasteiger partial charge < -0.3 is 20.1 Å². The molecule has 1 heterocycles. The summed E-state index contributed by atoms with van der Waals surface area (Å²) in [5.41, 5.74) is 2.26. The fraction of sp³-hybridized carbons (Fsp3) is 0.462. The molecule has 2 N–H and O–H groups in total. The molecule has 7 heteroatoms. The van der Waals surface area contributed by atoms with Crippen LogP contribution in [0, 0.1) is 5.92 Å². The largest absolute Gasteiger partial charge is 0.494 e. The number of carbonyl (C=O) groups is 2. The second-order valence-corrected chi connectivity index (χ2v) is 8.27. The summed E-state index contributed by atoms with van der Waals surface area (Å²) in [5, 5.41) is 5.87. The summed E-state index contributed by atoms with van der Waals surface area (Å²) in [6.45, 7) is 6.33. The minimum Gasteiger partial charge on any atom is -0.494 e. The molecule has 1 aliphatic rings. The van der Waals surface area contributed by atoms with E-state index in [9.17, 15) is 9.59 Å². The van der Waals surface area contributed by atoms with E-state index >= 15 is 0 Å². The van der Waals surface area contributed by atoms with E-state index in [0.29, 0.717) is 31.0 Å². The molecule has 7 nitrogen and oxygen atoms in total. The molecule has 1 aliphatic heterocycles. The van der Waals surface area contributed by atoms with Crippen LogP contribution >= 0.6 is 0 Å². The highest BCUT2D eigenvalue weighted by Gasteiger charge is 2.26. The first-order valence-electron chi connectivity index (χ1n) is 11.7. The van der Waals surface area contributed by atoms with Crippen LogP contribution in [0.5, 0.6) is 5.75 Å². The lowest BCUT2D eigenvalue weighted by Crippen LogP contribution is -2.38. The van der Waals surface area contributed by atoms with Gasteiger partial charge in [-0.2, -0.15) is 0 Å². The number of hydrogen-bond acceptors (Lipinski definition) is 5. The molecular weight excluding hydrogens is 418 g/mol. The topological polar surface area (TPSA) is 79.9 Å². The molecule has 33 heavy (non-hydrogen) atoms. The molecule has 1 fully saturated rings. The lowest BCUT2D eigenvalue weighted by Gasteiger charge is -2.31. The van der Waals surface area contributed by atoms with Crippen LogP contribution in [0.2, 0.25) is 0 Å². The lowest BCUT2D eigenvalue weighted by atomic mass is 9.95. The molecule has 3 rings (SSSR count). The number of benzene rings is 2. The van der Waals surface area contributed by atoms with Crippen LogP contribution in [-0.2, 0) is 16.1 Å². The second kappa shape index (κ2) is 13.0. The molecular formula is C26H35N3O4. The van der Waals surface area contributed by atoms with Crippen molar-refractivity contribution in [1.29, 1.82) is 0 Å². The summed E-state index contributed by atoms with van der Waals surface area (Å²) in [6, 6.07) is 15.3. The third-order valence-corrected chi connectivity index (χ3v) is 5.81. The van der Waals surface area contributed by atoms with Gasteiger partial charge in [-0.3, -0.25) is 14.5 Å². The van der Waals surface area contributed by atoms with Gasteiger partial charge in [0, 0.05) is 32.7 Å². The van der Waals surface area contributed by atoms with Gasteiger partial charge in [-0.25, -0.2) is 0 Å². The van der Waals surface area contributed by atoms with Gasteiger partial charge in [-0.15, -0.1) is 0 Å². The highest BCUT2D eigenvalue weighted by Crippen LogP contribution is 2.23. The highest BCUT2D eigenvalue weighted by atomic mass is 16.5. The predicted molar refractivity (Wildman–Crippen MR) is 130 cm³/mol. The zero-order valence-electron chi connectivity index (χ0n) is 19.6. The molecule has 0 atom stereocenters. The molecule has 1 saturated heterocycles. The number of anilines is 1. The summed E-state index contributed by atoms with van der Waals surface area (Å²) in [7, 11) is 1.64. The molecule has 0 spiro atoms. The second-order valence-electron chi connectivity index (χ2n) is 8.27. The van der Waals surface area contributed by atoms with Crippen molar-refractivity contribution in [2.45, 2.75) is 32.7 Å². The summed E-state index contributed by atoms with van der Waals surface area (Å²) >= 11 is 0. The Morgan fingerprint density at radius 3 is 2.64 bits per heavy atom. The Morgan fingerprint density at radius 1 is 1.09 bits per heavy atom.